The number of aromatic nitrogens is 2. The molecule has 0 saturated carbocycles. The summed E-state index contributed by atoms with van der Waals surface area (Å²) in [5.41, 5.74) is 0.842. The van der Waals surface area contributed by atoms with Crippen molar-refractivity contribution in [1.82, 2.24) is 9.78 Å². The molecule has 1 aromatic heterocycles. The van der Waals surface area contributed by atoms with Gasteiger partial charge in [0.05, 0.1) is 22.5 Å². The van der Waals surface area contributed by atoms with Crippen molar-refractivity contribution in [3.05, 3.63) is 16.4 Å². The Hall–Kier alpha value is -0.390. The van der Waals surface area contributed by atoms with Crippen LogP contribution in [0, 0.1) is 5.92 Å². The molecule has 90 valence electrons. The molecule has 1 N–H and O–H groups in total. The summed E-state index contributed by atoms with van der Waals surface area (Å²) in [7, 11) is 1.85. The number of aryl methyl sites for hydroxylation is 1. The van der Waals surface area contributed by atoms with Gasteiger partial charge in [0.15, 0.2) is 0 Å². The number of halogens is 1. The van der Waals surface area contributed by atoms with E-state index in [4.69, 9.17) is 4.74 Å². The SMILES string of the molecule is CCC1OCCC1C(O)c1c(Br)cnn1C. The van der Waals surface area contributed by atoms with Crippen molar-refractivity contribution in [2.24, 2.45) is 13.0 Å². The van der Waals surface area contributed by atoms with Crippen molar-refractivity contribution < 1.29 is 9.84 Å². The van der Waals surface area contributed by atoms with E-state index in [1.165, 1.54) is 0 Å². The van der Waals surface area contributed by atoms with Crippen LogP contribution in [-0.2, 0) is 11.8 Å². The maximum absolute atomic E-state index is 10.4. The Labute approximate surface area is 104 Å². The second-order valence-electron chi connectivity index (χ2n) is 4.22. The Kier molecular flexibility index (Phi) is 3.66. The highest BCUT2D eigenvalue weighted by molar-refractivity contribution is 9.10. The van der Waals surface area contributed by atoms with E-state index < -0.39 is 6.10 Å². The van der Waals surface area contributed by atoms with Crippen LogP contribution in [0.4, 0.5) is 0 Å². The summed E-state index contributed by atoms with van der Waals surface area (Å²) in [6.45, 7) is 2.84. The van der Waals surface area contributed by atoms with Crippen molar-refractivity contribution in [2.45, 2.75) is 32.0 Å². The lowest BCUT2D eigenvalue weighted by Gasteiger charge is -2.23. The molecule has 1 saturated heterocycles. The van der Waals surface area contributed by atoms with Crippen LogP contribution >= 0.6 is 15.9 Å². The summed E-state index contributed by atoms with van der Waals surface area (Å²) >= 11 is 3.42. The van der Waals surface area contributed by atoms with Crippen LogP contribution in [0.25, 0.3) is 0 Å². The lowest BCUT2D eigenvalue weighted by Crippen LogP contribution is -2.23. The Balaban J connectivity index is 2.21. The molecular weight excluding hydrogens is 272 g/mol. The maximum atomic E-state index is 10.4. The normalized spacial score (nSPS) is 27.2. The van der Waals surface area contributed by atoms with Gasteiger partial charge >= 0.3 is 0 Å². The molecule has 5 heteroatoms. The zero-order chi connectivity index (χ0) is 11.7. The smallest absolute Gasteiger partial charge is 0.102 e. The second kappa shape index (κ2) is 4.85. The molecule has 0 aliphatic carbocycles. The van der Waals surface area contributed by atoms with E-state index in [0.29, 0.717) is 0 Å². The predicted molar refractivity (Wildman–Crippen MR) is 64.0 cm³/mol. The van der Waals surface area contributed by atoms with Gasteiger partial charge in [0.2, 0.25) is 0 Å². The zero-order valence-corrected chi connectivity index (χ0v) is 11.1. The van der Waals surface area contributed by atoms with Crippen LogP contribution < -0.4 is 0 Å². The number of ether oxygens (including phenoxy) is 1. The second-order valence-corrected chi connectivity index (χ2v) is 5.07. The van der Waals surface area contributed by atoms with Gasteiger partial charge in [-0.1, -0.05) is 6.92 Å². The molecule has 0 radical (unpaired) electrons. The van der Waals surface area contributed by atoms with E-state index in [2.05, 4.69) is 28.0 Å². The zero-order valence-electron chi connectivity index (χ0n) is 9.56. The molecule has 2 rings (SSSR count). The summed E-state index contributed by atoms with van der Waals surface area (Å²) in [4.78, 5) is 0. The quantitative estimate of drug-likeness (QED) is 0.926. The monoisotopic (exact) mass is 288 g/mol. The Morgan fingerprint density at radius 1 is 1.75 bits per heavy atom. The van der Waals surface area contributed by atoms with Gasteiger partial charge in [-0.25, -0.2) is 0 Å². The van der Waals surface area contributed by atoms with E-state index in [1.807, 2.05) is 7.05 Å². The Morgan fingerprint density at radius 2 is 2.50 bits per heavy atom. The van der Waals surface area contributed by atoms with Gasteiger partial charge in [-0.05, 0) is 28.8 Å². The molecule has 3 unspecified atom stereocenters. The third kappa shape index (κ3) is 2.04. The molecule has 1 aliphatic heterocycles. The van der Waals surface area contributed by atoms with E-state index in [1.54, 1.807) is 10.9 Å². The first-order valence-electron chi connectivity index (χ1n) is 5.62. The van der Waals surface area contributed by atoms with Crippen LogP contribution in [0.5, 0.6) is 0 Å². The van der Waals surface area contributed by atoms with E-state index in [-0.39, 0.29) is 12.0 Å². The van der Waals surface area contributed by atoms with E-state index in [0.717, 1.165) is 29.6 Å². The first-order chi connectivity index (χ1) is 7.65. The van der Waals surface area contributed by atoms with Crippen LogP contribution in [0.1, 0.15) is 31.6 Å². The van der Waals surface area contributed by atoms with E-state index >= 15 is 0 Å². The molecular formula is C11H17BrN2O2. The fourth-order valence-corrected chi connectivity index (χ4v) is 2.99. The molecule has 0 amide bonds. The van der Waals surface area contributed by atoms with Crippen LogP contribution in [0.3, 0.4) is 0 Å². The minimum absolute atomic E-state index is 0.164. The number of nitrogens with zero attached hydrogens (tertiary/aromatic N) is 2. The number of aliphatic hydroxyl groups excluding tert-OH is 1. The molecule has 0 bridgehead atoms. The fraction of sp³-hybridized carbons (Fsp3) is 0.727. The highest BCUT2D eigenvalue weighted by atomic mass is 79.9. The van der Waals surface area contributed by atoms with Crippen LogP contribution in [0.2, 0.25) is 0 Å². The molecule has 1 aromatic rings. The molecule has 0 aromatic carbocycles. The lowest BCUT2D eigenvalue weighted by molar-refractivity contribution is 0.0270. The molecule has 3 atom stereocenters. The summed E-state index contributed by atoms with van der Waals surface area (Å²) in [5.74, 6) is 0.177. The van der Waals surface area contributed by atoms with Gasteiger partial charge in [0, 0.05) is 19.6 Å². The standard InChI is InChI=1S/C11H17BrN2O2/c1-3-9-7(4-5-16-9)11(15)10-8(12)6-13-14(10)2/h6-7,9,11,15H,3-5H2,1-2H3. The molecule has 16 heavy (non-hydrogen) atoms. The number of rotatable bonds is 3. The summed E-state index contributed by atoms with van der Waals surface area (Å²) < 4.78 is 8.20. The summed E-state index contributed by atoms with van der Waals surface area (Å²) in [5, 5.41) is 14.5. The minimum Gasteiger partial charge on any atom is -0.386 e. The van der Waals surface area contributed by atoms with Crippen molar-refractivity contribution in [1.29, 1.82) is 0 Å². The van der Waals surface area contributed by atoms with Gasteiger partial charge in [-0.3, -0.25) is 4.68 Å². The fourth-order valence-electron chi connectivity index (χ4n) is 2.40. The van der Waals surface area contributed by atoms with Gasteiger partial charge in [-0.15, -0.1) is 0 Å². The van der Waals surface area contributed by atoms with Crippen molar-refractivity contribution >= 4 is 15.9 Å². The summed E-state index contributed by atoms with van der Waals surface area (Å²) in [6.07, 6.45) is 3.23. The van der Waals surface area contributed by atoms with Gasteiger partial charge in [-0.2, -0.15) is 5.10 Å². The number of hydrogen-bond donors (Lipinski definition) is 1. The maximum Gasteiger partial charge on any atom is 0.102 e. The molecule has 1 fully saturated rings. The molecule has 4 nitrogen and oxygen atoms in total. The third-order valence-electron chi connectivity index (χ3n) is 3.29. The molecule has 0 spiro atoms. The lowest BCUT2D eigenvalue weighted by atomic mass is 9.91. The predicted octanol–water partition coefficient (Wildman–Crippen LogP) is 2.03. The van der Waals surface area contributed by atoms with Crippen LogP contribution in [0.15, 0.2) is 10.7 Å². The van der Waals surface area contributed by atoms with Crippen LogP contribution in [-0.4, -0.2) is 27.6 Å². The number of aliphatic hydroxyl groups is 1. The molecule has 1 aliphatic rings. The van der Waals surface area contributed by atoms with Gasteiger partial charge in [0.25, 0.3) is 0 Å². The number of hydrogen-bond acceptors (Lipinski definition) is 3. The van der Waals surface area contributed by atoms with Crippen molar-refractivity contribution in [3.63, 3.8) is 0 Å². The van der Waals surface area contributed by atoms with Crippen molar-refractivity contribution in [3.8, 4) is 0 Å². The highest BCUT2D eigenvalue weighted by Crippen LogP contribution is 2.36. The largest absolute Gasteiger partial charge is 0.386 e. The summed E-state index contributed by atoms with van der Waals surface area (Å²) in [6, 6.07) is 0. The first-order valence-corrected chi connectivity index (χ1v) is 6.41. The van der Waals surface area contributed by atoms with Gasteiger partial charge in [0.1, 0.15) is 6.10 Å². The molecule has 2 heterocycles. The Bertz CT molecular complexity index is 347. The minimum atomic E-state index is -0.505. The average molecular weight is 289 g/mol. The average Bonchev–Trinajstić information content (AvgIpc) is 2.85. The van der Waals surface area contributed by atoms with Crippen molar-refractivity contribution in [2.75, 3.05) is 6.61 Å². The first kappa shape index (κ1) is 12.1. The topological polar surface area (TPSA) is 47.3 Å². The van der Waals surface area contributed by atoms with Gasteiger partial charge < -0.3 is 9.84 Å². The van der Waals surface area contributed by atoms with E-state index in [9.17, 15) is 5.11 Å². The highest BCUT2D eigenvalue weighted by Gasteiger charge is 2.35. The third-order valence-corrected chi connectivity index (χ3v) is 3.90. The Morgan fingerprint density at radius 3 is 3.06 bits per heavy atom.